The van der Waals surface area contributed by atoms with Gasteiger partial charge in [0.05, 0.1) is 5.52 Å². The number of hydrogen-bond acceptors (Lipinski definition) is 5. The van der Waals surface area contributed by atoms with Crippen molar-refractivity contribution in [2.45, 2.75) is 0 Å². The van der Waals surface area contributed by atoms with Crippen LogP contribution in [0.15, 0.2) is 36.7 Å². The molecule has 0 bridgehead atoms. The minimum absolute atomic E-state index is 0.329. The molecule has 0 saturated heterocycles. The van der Waals surface area contributed by atoms with Gasteiger partial charge in [-0.05, 0) is 12.1 Å². The molecule has 0 aliphatic rings. The van der Waals surface area contributed by atoms with E-state index in [9.17, 15) is 0 Å². The summed E-state index contributed by atoms with van der Waals surface area (Å²) in [5.74, 6) is 1.06. The number of aromatic nitrogens is 7. The maximum absolute atomic E-state index is 6.00. The maximum Gasteiger partial charge on any atom is 0.255 e. The van der Waals surface area contributed by atoms with Gasteiger partial charge >= 0.3 is 0 Å². The molecule has 0 unspecified atom stereocenters. The van der Waals surface area contributed by atoms with Crippen LogP contribution in [-0.4, -0.2) is 34.6 Å². The summed E-state index contributed by atoms with van der Waals surface area (Å²) in [7, 11) is 0. The summed E-state index contributed by atoms with van der Waals surface area (Å²) in [6, 6.07) is 9.31. The summed E-state index contributed by atoms with van der Waals surface area (Å²) in [6.07, 6.45) is 1.42. The molecular weight excluding hydrogens is 266 g/mol. The van der Waals surface area contributed by atoms with Gasteiger partial charge in [-0.15, -0.1) is 5.10 Å². The van der Waals surface area contributed by atoms with Gasteiger partial charge in [0.15, 0.2) is 5.82 Å². The molecule has 92 valence electrons. The van der Waals surface area contributed by atoms with Crippen LogP contribution in [0.2, 0.25) is 5.15 Å². The Labute approximate surface area is 111 Å². The fourth-order valence-corrected chi connectivity index (χ4v) is 2.13. The smallest absolute Gasteiger partial charge is 0.199 e. The number of para-hydroxylation sites is 1. The summed E-state index contributed by atoms with van der Waals surface area (Å²) in [6.45, 7) is 0. The Balaban J connectivity index is 2.11. The number of benzene rings is 1. The monoisotopic (exact) mass is 271 g/mol. The SMILES string of the molecule is Clc1cc(-n2nnc3ccccc32)n2ncnc2n1. The lowest BCUT2D eigenvalue weighted by Gasteiger charge is -2.04. The van der Waals surface area contributed by atoms with E-state index in [1.54, 1.807) is 15.3 Å². The van der Waals surface area contributed by atoms with Crippen LogP contribution in [0.5, 0.6) is 0 Å². The van der Waals surface area contributed by atoms with Crippen molar-refractivity contribution in [2.75, 3.05) is 0 Å². The predicted molar refractivity (Wildman–Crippen MR) is 68.2 cm³/mol. The Morgan fingerprint density at radius 1 is 1.16 bits per heavy atom. The minimum Gasteiger partial charge on any atom is -0.199 e. The maximum atomic E-state index is 6.00. The molecule has 1 aromatic carbocycles. The van der Waals surface area contributed by atoms with E-state index < -0.39 is 0 Å². The quantitative estimate of drug-likeness (QED) is 0.491. The van der Waals surface area contributed by atoms with Crippen LogP contribution in [0, 0.1) is 0 Å². The second kappa shape index (κ2) is 3.72. The van der Waals surface area contributed by atoms with Crippen molar-refractivity contribution in [3.05, 3.63) is 41.8 Å². The van der Waals surface area contributed by atoms with Crippen LogP contribution < -0.4 is 0 Å². The first-order valence-corrected chi connectivity index (χ1v) is 5.88. The van der Waals surface area contributed by atoms with Crippen LogP contribution in [0.25, 0.3) is 22.6 Å². The molecule has 0 amide bonds. The van der Waals surface area contributed by atoms with E-state index in [0.29, 0.717) is 16.7 Å². The average Bonchev–Trinajstić information content (AvgIpc) is 3.03. The predicted octanol–water partition coefficient (Wildman–Crippen LogP) is 1.51. The molecule has 0 saturated carbocycles. The van der Waals surface area contributed by atoms with Crippen molar-refractivity contribution >= 4 is 28.4 Å². The molecule has 4 aromatic rings. The van der Waals surface area contributed by atoms with Crippen molar-refractivity contribution < 1.29 is 0 Å². The molecule has 0 atom stereocenters. The van der Waals surface area contributed by atoms with E-state index >= 15 is 0 Å². The Hall–Kier alpha value is -2.54. The van der Waals surface area contributed by atoms with Crippen molar-refractivity contribution in [1.82, 2.24) is 34.6 Å². The standard InChI is InChI=1S/C11H6ClN7/c12-9-5-10(19-11(15-9)13-6-14-19)18-8-4-2-1-3-7(8)16-17-18/h1-6H. The normalized spacial score (nSPS) is 11.4. The van der Waals surface area contributed by atoms with Crippen molar-refractivity contribution in [3.63, 3.8) is 0 Å². The molecule has 0 fully saturated rings. The van der Waals surface area contributed by atoms with Gasteiger partial charge in [0.25, 0.3) is 5.78 Å². The van der Waals surface area contributed by atoms with E-state index in [0.717, 1.165) is 11.0 Å². The summed E-state index contributed by atoms with van der Waals surface area (Å²) in [5.41, 5.74) is 1.66. The Bertz CT molecular complexity index is 894. The van der Waals surface area contributed by atoms with Crippen LogP contribution in [0.1, 0.15) is 0 Å². The van der Waals surface area contributed by atoms with Gasteiger partial charge in [-0.3, -0.25) is 0 Å². The van der Waals surface area contributed by atoms with Gasteiger partial charge in [-0.25, -0.2) is 0 Å². The van der Waals surface area contributed by atoms with Crippen molar-refractivity contribution in [2.24, 2.45) is 0 Å². The molecule has 19 heavy (non-hydrogen) atoms. The number of hydrogen-bond donors (Lipinski definition) is 0. The minimum atomic E-state index is 0.329. The molecule has 0 aliphatic carbocycles. The third-order valence-corrected chi connectivity index (χ3v) is 2.96. The lowest BCUT2D eigenvalue weighted by atomic mass is 10.3. The Morgan fingerprint density at radius 2 is 2.05 bits per heavy atom. The first kappa shape index (κ1) is 10.4. The first-order chi connectivity index (χ1) is 9.33. The van der Waals surface area contributed by atoms with Gasteiger partial charge in [0.2, 0.25) is 0 Å². The summed E-state index contributed by atoms with van der Waals surface area (Å²) < 4.78 is 3.22. The fraction of sp³-hybridized carbons (Fsp3) is 0. The number of nitrogens with zero attached hydrogens (tertiary/aromatic N) is 7. The second-order valence-corrected chi connectivity index (χ2v) is 4.29. The Kier molecular flexibility index (Phi) is 2.04. The van der Waals surface area contributed by atoms with E-state index in [-0.39, 0.29) is 0 Å². The number of rotatable bonds is 1. The highest BCUT2D eigenvalue weighted by Gasteiger charge is 2.12. The van der Waals surface area contributed by atoms with E-state index in [1.807, 2.05) is 24.3 Å². The molecule has 3 aromatic heterocycles. The summed E-state index contributed by atoms with van der Waals surface area (Å²) in [5, 5.41) is 12.7. The second-order valence-electron chi connectivity index (χ2n) is 3.90. The molecule has 0 N–H and O–H groups in total. The van der Waals surface area contributed by atoms with Gasteiger partial charge < -0.3 is 0 Å². The number of halogens is 1. The topological polar surface area (TPSA) is 73.8 Å². The third kappa shape index (κ3) is 1.48. The zero-order valence-electron chi connectivity index (χ0n) is 9.47. The van der Waals surface area contributed by atoms with Crippen LogP contribution in [-0.2, 0) is 0 Å². The molecule has 0 aliphatic heterocycles. The van der Waals surface area contributed by atoms with Gasteiger partial charge in [0.1, 0.15) is 17.0 Å². The van der Waals surface area contributed by atoms with E-state index in [2.05, 4.69) is 25.4 Å². The van der Waals surface area contributed by atoms with Gasteiger partial charge in [-0.2, -0.15) is 24.3 Å². The van der Waals surface area contributed by atoms with Gasteiger partial charge in [-0.1, -0.05) is 28.9 Å². The average molecular weight is 272 g/mol. The molecule has 0 spiro atoms. The van der Waals surface area contributed by atoms with Crippen LogP contribution >= 0.6 is 11.6 Å². The van der Waals surface area contributed by atoms with Crippen LogP contribution in [0.3, 0.4) is 0 Å². The highest BCUT2D eigenvalue weighted by atomic mass is 35.5. The van der Waals surface area contributed by atoms with E-state index in [1.165, 1.54) is 6.33 Å². The summed E-state index contributed by atoms with van der Waals surface area (Å²) in [4.78, 5) is 8.10. The van der Waals surface area contributed by atoms with E-state index in [4.69, 9.17) is 11.6 Å². The third-order valence-electron chi connectivity index (χ3n) is 2.77. The van der Waals surface area contributed by atoms with Gasteiger partial charge in [0, 0.05) is 6.07 Å². The van der Waals surface area contributed by atoms with Crippen molar-refractivity contribution in [3.8, 4) is 5.82 Å². The molecule has 3 heterocycles. The molecule has 7 nitrogen and oxygen atoms in total. The Morgan fingerprint density at radius 3 is 3.00 bits per heavy atom. The molecule has 0 radical (unpaired) electrons. The van der Waals surface area contributed by atoms with Crippen molar-refractivity contribution in [1.29, 1.82) is 0 Å². The molecule has 4 rings (SSSR count). The lowest BCUT2D eigenvalue weighted by molar-refractivity contribution is 0.757. The first-order valence-electron chi connectivity index (χ1n) is 5.50. The fourth-order valence-electron chi connectivity index (χ4n) is 1.96. The zero-order valence-corrected chi connectivity index (χ0v) is 10.2. The zero-order chi connectivity index (χ0) is 12.8. The molecular formula is C11H6ClN7. The highest BCUT2D eigenvalue weighted by molar-refractivity contribution is 6.29. The summed E-state index contributed by atoms with van der Waals surface area (Å²) >= 11 is 6.00. The van der Waals surface area contributed by atoms with Crippen LogP contribution in [0.4, 0.5) is 0 Å². The largest absolute Gasteiger partial charge is 0.255 e. The number of fused-ring (bicyclic) bond motifs is 2. The highest BCUT2D eigenvalue weighted by Crippen LogP contribution is 2.18. The lowest BCUT2D eigenvalue weighted by Crippen LogP contribution is -2.06. The molecule has 8 heteroatoms.